The maximum atomic E-state index is 11.8. The number of amides is 3. The van der Waals surface area contributed by atoms with Gasteiger partial charge >= 0.3 is 12.0 Å². The number of aliphatic carboxylic acids is 1. The van der Waals surface area contributed by atoms with Crippen molar-refractivity contribution in [1.82, 2.24) is 15.5 Å². The maximum absolute atomic E-state index is 11.8. The SMILES string of the molecule is O=C(O)C1CCN(C(=O)NCCNC(=O)C2CC2)CC1. The second-order valence-electron chi connectivity index (χ2n) is 5.40. The van der Waals surface area contributed by atoms with Gasteiger partial charge in [-0.3, -0.25) is 9.59 Å². The number of rotatable bonds is 5. The standard InChI is InChI=1S/C13H21N3O4/c17-11(9-1-2-9)14-5-6-15-13(20)16-7-3-10(4-8-16)12(18)19/h9-10H,1-8H2,(H,14,17)(H,15,20)(H,18,19). The van der Waals surface area contributed by atoms with E-state index in [1.54, 1.807) is 4.90 Å². The lowest BCUT2D eigenvalue weighted by Gasteiger charge is -2.30. The van der Waals surface area contributed by atoms with Crippen LogP contribution in [0, 0.1) is 11.8 Å². The monoisotopic (exact) mass is 283 g/mol. The molecule has 1 saturated carbocycles. The highest BCUT2D eigenvalue weighted by Crippen LogP contribution is 2.28. The average molecular weight is 283 g/mol. The molecule has 1 heterocycles. The van der Waals surface area contributed by atoms with E-state index in [2.05, 4.69) is 10.6 Å². The molecule has 0 bridgehead atoms. The Hall–Kier alpha value is -1.79. The van der Waals surface area contributed by atoms with Gasteiger partial charge in [-0.25, -0.2) is 4.79 Å². The van der Waals surface area contributed by atoms with E-state index in [1.807, 2.05) is 0 Å². The van der Waals surface area contributed by atoms with Crippen molar-refractivity contribution in [3.63, 3.8) is 0 Å². The Labute approximate surface area is 117 Å². The Bertz CT molecular complexity index is 387. The fraction of sp³-hybridized carbons (Fsp3) is 0.769. The minimum Gasteiger partial charge on any atom is -0.481 e. The number of hydrogen-bond acceptors (Lipinski definition) is 3. The maximum Gasteiger partial charge on any atom is 0.317 e. The normalized spacial score (nSPS) is 19.5. The van der Waals surface area contributed by atoms with Crippen molar-refractivity contribution in [2.45, 2.75) is 25.7 Å². The second kappa shape index (κ2) is 6.58. The molecule has 0 aromatic rings. The van der Waals surface area contributed by atoms with Gasteiger partial charge in [0.15, 0.2) is 0 Å². The van der Waals surface area contributed by atoms with Gasteiger partial charge in [0.2, 0.25) is 5.91 Å². The molecule has 2 rings (SSSR count). The minimum absolute atomic E-state index is 0.0709. The Balaban J connectivity index is 1.58. The molecule has 7 nitrogen and oxygen atoms in total. The van der Waals surface area contributed by atoms with Crippen LogP contribution in [0.4, 0.5) is 4.79 Å². The number of carbonyl (C=O) groups excluding carboxylic acids is 2. The molecule has 3 N–H and O–H groups in total. The first-order chi connectivity index (χ1) is 9.58. The van der Waals surface area contributed by atoms with Crippen LogP contribution in [0.3, 0.4) is 0 Å². The molecule has 3 amide bonds. The van der Waals surface area contributed by atoms with Crippen molar-refractivity contribution in [3.05, 3.63) is 0 Å². The van der Waals surface area contributed by atoms with E-state index in [9.17, 15) is 14.4 Å². The Kier molecular flexibility index (Phi) is 4.81. The van der Waals surface area contributed by atoms with Gasteiger partial charge in [-0.2, -0.15) is 0 Å². The Morgan fingerprint density at radius 2 is 1.55 bits per heavy atom. The van der Waals surface area contributed by atoms with Crippen molar-refractivity contribution in [2.24, 2.45) is 11.8 Å². The smallest absolute Gasteiger partial charge is 0.317 e. The molecule has 112 valence electrons. The quantitative estimate of drug-likeness (QED) is 0.619. The van der Waals surface area contributed by atoms with Crippen molar-refractivity contribution >= 4 is 17.9 Å². The van der Waals surface area contributed by atoms with E-state index in [0.29, 0.717) is 39.0 Å². The lowest BCUT2D eigenvalue weighted by molar-refractivity contribution is -0.143. The van der Waals surface area contributed by atoms with Crippen molar-refractivity contribution in [3.8, 4) is 0 Å². The minimum atomic E-state index is -0.784. The first kappa shape index (κ1) is 14.6. The van der Waals surface area contributed by atoms with Crippen LogP contribution in [0.25, 0.3) is 0 Å². The average Bonchev–Trinajstić information content (AvgIpc) is 3.27. The van der Waals surface area contributed by atoms with Crippen LogP contribution in [0.15, 0.2) is 0 Å². The number of carboxylic acid groups (broad SMARTS) is 1. The van der Waals surface area contributed by atoms with E-state index in [-0.39, 0.29) is 23.8 Å². The van der Waals surface area contributed by atoms with Gasteiger partial charge < -0.3 is 20.6 Å². The highest BCUT2D eigenvalue weighted by atomic mass is 16.4. The summed E-state index contributed by atoms with van der Waals surface area (Å²) in [7, 11) is 0. The van der Waals surface area contributed by atoms with Crippen molar-refractivity contribution in [1.29, 1.82) is 0 Å². The van der Waals surface area contributed by atoms with Crippen LogP contribution < -0.4 is 10.6 Å². The van der Waals surface area contributed by atoms with Crippen LogP contribution >= 0.6 is 0 Å². The molecule has 1 aliphatic carbocycles. The zero-order valence-corrected chi connectivity index (χ0v) is 11.4. The summed E-state index contributed by atoms with van der Waals surface area (Å²) in [6.45, 7) is 1.78. The number of hydrogen-bond donors (Lipinski definition) is 3. The van der Waals surface area contributed by atoms with E-state index < -0.39 is 5.97 Å². The topological polar surface area (TPSA) is 98.7 Å². The highest BCUT2D eigenvalue weighted by molar-refractivity contribution is 5.81. The first-order valence-electron chi connectivity index (χ1n) is 7.11. The van der Waals surface area contributed by atoms with Gasteiger partial charge in [-0.15, -0.1) is 0 Å². The van der Waals surface area contributed by atoms with Crippen LogP contribution in [0.2, 0.25) is 0 Å². The molecule has 0 unspecified atom stereocenters. The number of urea groups is 1. The number of likely N-dealkylation sites (tertiary alicyclic amines) is 1. The number of nitrogens with zero attached hydrogens (tertiary/aromatic N) is 1. The van der Waals surface area contributed by atoms with Crippen LogP contribution in [0.1, 0.15) is 25.7 Å². The van der Waals surface area contributed by atoms with Crippen LogP contribution in [-0.2, 0) is 9.59 Å². The number of nitrogens with one attached hydrogen (secondary N) is 2. The van der Waals surface area contributed by atoms with Gasteiger partial charge in [-0.05, 0) is 25.7 Å². The molecule has 0 aromatic heterocycles. The Morgan fingerprint density at radius 1 is 0.950 bits per heavy atom. The molecule has 0 atom stereocenters. The molecule has 0 spiro atoms. The molecule has 2 aliphatic rings. The third-order valence-electron chi connectivity index (χ3n) is 3.78. The fourth-order valence-electron chi connectivity index (χ4n) is 2.29. The van der Waals surface area contributed by atoms with Gasteiger partial charge in [0, 0.05) is 32.1 Å². The second-order valence-corrected chi connectivity index (χ2v) is 5.40. The summed E-state index contributed by atoms with van der Waals surface area (Å²) in [6.07, 6.45) is 2.94. The molecule has 0 aromatic carbocycles. The Morgan fingerprint density at radius 3 is 2.10 bits per heavy atom. The summed E-state index contributed by atoms with van der Waals surface area (Å²) >= 11 is 0. The molecule has 2 fully saturated rings. The summed E-state index contributed by atoms with van der Waals surface area (Å²) in [5.74, 6) is -0.869. The van der Waals surface area contributed by atoms with E-state index in [1.165, 1.54) is 0 Å². The molecular weight excluding hydrogens is 262 g/mol. The summed E-state index contributed by atoms with van der Waals surface area (Å²) in [5.41, 5.74) is 0. The summed E-state index contributed by atoms with van der Waals surface area (Å²) in [6, 6.07) is -0.186. The third-order valence-corrected chi connectivity index (χ3v) is 3.78. The number of piperidine rings is 1. The van der Waals surface area contributed by atoms with Crippen LogP contribution in [-0.4, -0.2) is 54.1 Å². The molecule has 0 radical (unpaired) electrons. The van der Waals surface area contributed by atoms with E-state index >= 15 is 0 Å². The number of carbonyl (C=O) groups is 3. The van der Waals surface area contributed by atoms with Gasteiger partial charge in [0.1, 0.15) is 0 Å². The number of carboxylic acids is 1. The summed E-state index contributed by atoms with van der Waals surface area (Å²) in [5, 5.41) is 14.4. The largest absolute Gasteiger partial charge is 0.481 e. The predicted octanol–water partition coefficient (Wildman–Crippen LogP) is 0.0188. The third kappa shape index (κ3) is 4.11. The lowest BCUT2D eigenvalue weighted by Crippen LogP contribution is -2.47. The van der Waals surface area contributed by atoms with Crippen molar-refractivity contribution < 1.29 is 19.5 Å². The predicted molar refractivity (Wildman–Crippen MR) is 71.1 cm³/mol. The summed E-state index contributed by atoms with van der Waals surface area (Å²) in [4.78, 5) is 35.6. The fourth-order valence-corrected chi connectivity index (χ4v) is 2.29. The van der Waals surface area contributed by atoms with Gasteiger partial charge in [0.05, 0.1) is 5.92 Å². The van der Waals surface area contributed by atoms with Gasteiger partial charge in [-0.1, -0.05) is 0 Å². The van der Waals surface area contributed by atoms with E-state index in [0.717, 1.165) is 12.8 Å². The van der Waals surface area contributed by atoms with Gasteiger partial charge in [0.25, 0.3) is 0 Å². The first-order valence-corrected chi connectivity index (χ1v) is 7.11. The molecule has 20 heavy (non-hydrogen) atoms. The molecule has 7 heteroatoms. The summed E-state index contributed by atoms with van der Waals surface area (Å²) < 4.78 is 0. The lowest BCUT2D eigenvalue weighted by atomic mass is 9.97. The van der Waals surface area contributed by atoms with Crippen molar-refractivity contribution in [2.75, 3.05) is 26.2 Å². The zero-order valence-electron chi connectivity index (χ0n) is 11.4. The van der Waals surface area contributed by atoms with Crippen LogP contribution in [0.5, 0.6) is 0 Å². The van der Waals surface area contributed by atoms with E-state index in [4.69, 9.17) is 5.11 Å². The molecular formula is C13H21N3O4. The molecule has 1 saturated heterocycles. The highest BCUT2D eigenvalue weighted by Gasteiger charge is 2.29. The molecule has 1 aliphatic heterocycles. The zero-order chi connectivity index (χ0) is 14.5.